The minimum atomic E-state index is -0.534. The Kier molecular flexibility index (Phi) is 4.20. The number of rotatable bonds is 4. The summed E-state index contributed by atoms with van der Waals surface area (Å²) in [4.78, 5) is 0. The van der Waals surface area contributed by atoms with Gasteiger partial charge in [-0.05, 0) is 25.2 Å². The number of aliphatic hydroxyl groups is 1. The molecule has 0 saturated heterocycles. The van der Waals surface area contributed by atoms with E-state index in [0.29, 0.717) is 12.5 Å². The maximum Gasteiger partial charge on any atom is 0.0905 e. The Labute approximate surface area is 81.3 Å². The van der Waals surface area contributed by atoms with Crippen molar-refractivity contribution in [2.45, 2.75) is 51.6 Å². The molecule has 1 rings (SSSR count). The van der Waals surface area contributed by atoms with Gasteiger partial charge in [0.25, 0.3) is 0 Å². The fraction of sp³-hybridized carbons (Fsp3) is 1.00. The van der Waals surface area contributed by atoms with Crippen molar-refractivity contribution in [2.75, 3.05) is 13.2 Å². The van der Waals surface area contributed by atoms with E-state index in [0.717, 1.165) is 32.3 Å². The van der Waals surface area contributed by atoms with Crippen LogP contribution >= 0.6 is 0 Å². The van der Waals surface area contributed by atoms with Crippen LogP contribution in [0.1, 0.15) is 46.0 Å². The lowest BCUT2D eigenvalue weighted by Crippen LogP contribution is -2.43. The quantitative estimate of drug-likeness (QED) is 0.683. The molecule has 2 unspecified atom stereocenters. The van der Waals surface area contributed by atoms with Crippen molar-refractivity contribution >= 4 is 0 Å². The number of ether oxygens (including phenoxy) is 1. The summed E-state index contributed by atoms with van der Waals surface area (Å²) in [5, 5.41) is 10.2. The Morgan fingerprint density at radius 3 is 2.85 bits per heavy atom. The Balaban J connectivity index is 2.33. The Morgan fingerprint density at radius 1 is 1.46 bits per heavy atom. The predicted octanol–water partition coefficient (Wildman–Crippen LogP) is 2.35. The van der Waals surface area contributed by atoms with E-state index in [1.165, 1.54) is 6.42 Å². The maximum atomic E-state index is 10.2. The van der Waals surface area contributed by atoms with E-state index in [2.05, 4.69) is 13.8 Å². The van der Waals surface area contributed by atoms with Crippen LogP contribution < -0.4 is 0 Å². The monoisotopic (exact) mass is 186 g/mol. The molecule has 78 valence electrons. The summed E-state index contributed by atoms with van der Waals surface area (Å²) in [6.07, 6.45) is 5.50. The van der Waals surface area contributed by atoms with E-state index in [-0.39, 0.29) is 0 Å². The Hall–Kier alpha value is -0.0800. The highest BCUT2D eigenvalue weighted by molar-refractivity contribution is 4.87. The second-order valence-corrected chi connectivity index (χ2v) is 4.30. The minimum Gasteiger partial charge on any atom is -0.387 e. The van der Waals surface area contributed by atoms with Crippen LogP contribution in [0.4, 0.5) is 0 Å². The molecule has 0 radical (unpaired) electrons. The molecule has 0 aromatic heterocycles. The molecule has 0 bridgehead atoms. The third-order valence-corrected chi connectivity index (χ3v) is 3.11. The lowest BCUT2D eigenvalue weighted by atomic mass is 9.77. The first-order valence-electron chi connectivity index (χ1n) is 5.49. The summed E-state index contributed by atoms with van der Waals surface area (Å²) in [5.74, 6) is 0.401. The molecule has 0 aromatic carbocycles. The molecule has 0 amide bonds. The SMILES string of the molecule is CCCOCC1(O)CCCCC1C. The van der Waals surface area contributed by atoms with Crippen molar-refractivity contribution in [3.63, 3.8) is 0 Å². The lowest BCUT2D eigenvalue weighted by Gasteiger charge is -2.37. The second kappa shape index (κ2) is 4.97. The molecular formula is C11H22O2. The first kappa shape index (κ1) is 11.0. The highest BCUT2D eigenvalue weighted by atomic mass is 16.5. The summed E-state index contributed by atoms with van der Waals surface area (Å²) >= 11 is 0. The normalized spacial score (nSPS) is 34.8. The zero-order valence-corrected chi connectivity index (χ0v) is 8.88. The van der Waals surface area contributed by atoms with Crippen LogP contribution in [0.5, 0.6) is 0 Å². The molecule has 1 saturated carbocycles. The Morgan fingerprint density at radius 2 is 2.23 bits per heavy atom. The van der Waals surface area contributed by atoms with Crippen molar-refractivity contribution in [2.24, 2.45) is 5.92 Å². The van der Waals surface area contributed by atoms with Crippen molar-refractivity contribution in [3.8, 4) is 0 Å². The zero-order valence-electron chi connectivity index (χ0n) is 8.88. The molecule has 2 atom stereocenters. The van der Waals surface area contributed by atoms with Crippen LogP contribution in [0.15, 0.2) is 0 Å². The van der Waals surface area contributed by atoms with Gasteiger partial charge in [0.15, 0.2) is 0 Å². The van der Waals surface area contributed by atoms with Crippen LogP contribution in [0, 0.1) is 5.92 Å². The highest BCUT2D eigenvalue weighted by Gasteiger charge is 2.35. The summed E-state index contributed by atoms with van der Waals surface area (Å²) < 4.78 is 5.45. The topological polar surface area (TPSA) is 29.5 Å². The fourth-order valence-electron chi connectivity index (χ4n) is 2.00. The summed E-state index contributed by atoms with van der Waals surface area (Å²) in [7, 11) is 0. The fourth-order valence-corrected chi connectivity index (χ4v) is 2.00. The second-order valence-electron chi connectivity index (χ2n) is 4.30. The molecule has 1 aliphatic carbocycles. The molecule has 1 aliphatic rings. The molecular weight excluding hydrogens is 164 g/mol. The van der Waals surface area contributed by atoms with Gasteiger partial charge in [-0.15, -0.1) is 0 Å². The van der Waals surface area contributed by atoms with Crippen molar-refractivity contribution in [1.29, 1.82) is 0 Å². The standard InChI is InChI=1S/C11H22O2/c1-3-8-13-9-11(12)7-5-4-6-10(11)2/h10,12H,3-9H2,1-2H3. The summed E-state index contributed by atoms with van der Waals surface area (Å²) in [6, 6.07) is 0. The van der Waals surface area contributed by atoms with Gasteiger partial charge < -0.3 is 9.84 Å². The van der Waals surface area contributed by atoms with Gasteiger partial charge in [0.05, 0.1) is 12.2 Å². The molecule has 2 heteroatoms. The summed E-state index contributed by atoms with van der Waals surface area (Å²) in [5.41, 5.74) is -0.534. The summed E-state index contributed by atoms with van der Waals surface area (Å²) in [6.45, 7) is 5.53. The van der Waals surface area contributed by atoms with Gasteiger partial charge in [-0.3, -0.25) is 0 Å². The average molecular weight is 186 g/mol. The molecule has 0 aromatic rings. The first-order chi connectivity index (χ1) is 6.19. The molecule has 1 fully saturated rings. The third-order valence-electron chi connectivity index (χ3n) is 3.11. The van der Waals surface area contributed by atoms with Gasteiger partial charge >= 0.3 is 0 Å². The van der Waals surface area contributed by atoms with Gasteiger partial charge in [0.1, 0.15) is 0 Å². The van der Waals surface area contributed by atoms with Gasteiger partial charge in [-0.1, -0.05) is 26.7 Å². The lowest BCUT2D eigenvalue weighted by molar-refractivity contribution is -0.0998. The van der Waals surface area contributed by atoms with Gasteiger partial charge in [0.2, 0.25) is 0 Å². The van der Waals surface area contributed by atoms with E-state index in [1.807, 2.05) is 0 Å². The van der Waals surface area contributed by atoms with Crippen molar-refractivity contribution < 1.29 is 9.84 Å². The molecule has 13 heavy (non-hydrogen) atoms. The van der Waals surface area contributed by atoms with Gasteiger partial charge in [-0.2, -0.15) is 0 Å². The van der Waals surface area contributed by atoms with E-state index < -0.39 is 5.60 Å². The van der Waals surface area contributed by atoms with E-state index in [1.54, 1.807) is 0 Å². The highest BCUT2D eigenvalue weighted by Crippen LogP contribution is 2.33. The van der Waals surface area contributed by atoms with Crippen molar-refractivity contribution in [3.05, 3.63) is 0 Å². The van der Waals surface area contributed by atoms with Crippen LogP contribution in [0.3, 0.4) is 0 Å². The molecule has 2 nitrogen and oxygen atoms in total. The first-order valence-corrected chi connectivity index (χ1v) is 5.49. The van der Waals surface area contributed by atoms with E-state index in [9.17, 15) is 5.11 Å². The molecule has 0 aliphatic heterocycles. The minimum absolute atomic E-state index is 0.401. The van der Waals surface area contributed by atoms with Crippen LogP contribution in [-0.2, 0) is 4.74 Å². The number of hydrogen-bond donors (Lipinski definition) is 1. The van der Waals surface area contributed by atoms with E-state index >= 15 is 0 Å². The van der Waals surface area contributed by atoms with Crippen LogP contribution in [-0.4, -0.2) is 23.9 Å². The van der Waals surface area contributed by atoms with Crippen molar-refractivity contribution in [1.82, 2.24) is 0 Å². The molecule has 0 heterocycles. The predicted molar refractivity (Wildman–Crippen MR) is 53.7 cm³/mol. The van der Waals surface area contributed by atoms with E-state index in [4.69, 9.17) is 4.74 Å². The number of hydrogen-bond acceptors (Lipinski definition) is 2. The smallest absolute Gasteiger partial charge is 0.0905 e. The molecule has 1 N–H and O–H groups in total. The largest absolute Gasteiger partial charge is 0.387 e. The van der Waals surface area contributed by atoms with Gasteiger partial charge in [-0.25, -0.2) is 0 Å². The maximum absolute atomic E-state index is 10.2. The van der Waals surface area contributed by atoms with Crippen LogP contribution in [0.2, 0.25) is 0 Å². The van der Waals surface area contributed by atoms with Crippen LogP contribution in [0.25, 0.3) is 0 Å². The average Bonchev–Trinajstić information content (AvgIpc) is 2.11. The zero-order chi connectivity index (χ0) is 9.73. The Bertz CT molecular complexity index is 147. The van der Waals surface area contributed by atoms with Gasteiger partial charge in [0, 0.05) is 6.61 Å². The third kappa shape index (κ3) is 2.96. The molecule has 0 spiro atoms.